The first-order chi connectivity index (χ1) is 13.6. The van der Waals surface area contributed by atoms with Gasteiger partial charge in [0.1, 0.15) is 5.01 Å². The number of benzene rings is 2. The van der Waals surface area contributed by atoms with Crippen LogP contribution in [0.1, 0.15) is 30.7 Å². The first-order valence-corrected chi connectivity index (χ1v) is 9.28. The van der Waals surface area contributed by atoms with E-state index in [0.29, 0.717) is 34.3 Å². The second-order valence-corrected chi connectivity index (χ2v) is 7.21. The van der Waals surface area contributed by atoms with Gasteiger partial charge in [0.05, 0.1) is 0 Å². The topological polar surface area (TPSA) is 102 Å². The molecule has 0 fully saturated rings. The summed E-state index contributed by atoms with van der Waals surface area (Å²) in [5, 5.41) is 14.2. The zero-order valence-electron chi connectivity index (χ0n) is 14.9. The van der Waals surface area contributed by atoms with Crippen LogP contribution < -0.4 is 20.1 Å². The summed E-state index contributed by atoms with van der Waals surface area (Å²) in [5.74, 6) is 0.761. The maximum absolute atomic E-state index is 12.5. The molecule has 0 saturated heterocycles. The van der Waals surface area contributed by atoms with E-state index < -0.39 is 0 Å². The quantitative estimate of drug-likeness (QED) is 0.688. The standard InChI is InChI=1S/C19H16N4O4S/c1-11-22-23-19(28-11)18(25)21-14-4-2-3-13(8-14)17(24)20-9-12-5-6-15-16(7-12)27-10-26-15/h2-8H,9-10H2,1H3,(H,20,24)(H,21,25). The Kier molecular flexibility index (Phi) is 4.90. The number of aryl methyl sites for hydroxylation is 1. The Labute approximate surface area is 164 Å². The summed E-state index contributed by atoms with van der Waals surface area (Å²) < 4.78 is 10.6. The molecule has 0 aliphatic carbocycles. The molecule has 1 aliphatic heterocycles. The van der Waals surface area contributed by atoms with E-state index in [1.54, 1.807) is 31.2 Å². The average Bonchev–Trinajstić information content (AvgIpc) is 3.34. The summed E-state index contributed by atoms with van der Waals surface area (Å²) in [4.78, 5) is 24.6. The Balaban J connectivity index is 1.39. The van der Waals surface area contributed by atoms with Crippen LogP contribution in [-0.2, 0) is 6.54 Å². The summed E-state index contributed by atoms with van der Waals surface area (Å²) in [6.07, 6.45) is 0. The Morgan fingerprint density at radius 1 is 1.07 bits per heavy atom. The van der Waals surface area contributed by atoms with E-state index in [2.05, 4.69) is 20.8 Å². The molecular weight excluding hydrogens is 380 g/mol. The van der Waals surface area contributed by atoms with Gasteiger partial charge in [0.15, 0.2) is 11.5 Å². The summed E-state index contributed by atoms with van der Waals surface area (Å²) in [7, 11) is 0. The third kappa shape index (κ3) is 3.94. The number of ether oxygens (including phenoxy) is 2. The lowest BCUT2D eigenvalue weighted by Crippen LogP contribution is -2.23. The van der Waals surface area contributed by atoms with Gasteiger partial charge in [-0.15, -0.1) is 10.2 Å². The van der Waals surface area contributed by atoms with Gasteiger partial charge in [-0.2, -0.15) is 0 Å². The first kappa shape index (κ1) is 17.9. The average molecular weight is 396 g/mol. The Bertz CT molecular complexity index is 1050. The molecule has 0 unspecified atom stereocenters. The monoisotopic (exact) mass is 396 g/mol. The predicted octanol–water partition coefficient (Wildman–Crippen LogP) is 2.76. The molecule has 0 saturated carbocycles. The van der Waals surface area contributed by atoms with Gasteiger partial charge in [-0.1, -0.05) is 23.5 Å². The fraction of sp³-hybridized carbons (Fsp3) is 0.158. The van der Waals surface area contributed by atoms with E-state index in [4.69, 9.17) is 9.47 Å². The van der Waals surface area contributed by atoms with Crippen LogP contribution in [0, 0.1) is 6.92 Å². The highest BCUT2D eigenvalue weighted by Gasteiger charge is 2.15. The fourth-order valence-corrected chi connectivity index (χ4v) is 3.23. The molecule has 4 rings (SSSR count). The van der Waals surface area contributed by atoms with Crippen LogP contribution in [0.4, 0.5) is 5.69 Å². The van der Waals surface area contributed by atoms with Crippen LogP contribution in [0.25, 0.3) is 0 Å². The molecule has 0 atom stereocenters. The molecule has 1 aromatic heterocycles. The van der Waals surface area contributed by atoms with Crippen molar-refractivity contribution in [3.05, 3.63) is 63.6 Å². The number of fused-ring (bicyclic) bond motifs is 1. The second kappa shape index (κ2) is 7.65. The predicted molar refractivity (Wildman–Crippen MR) is 103 cm³/mol. The van der Waals surface area contributed by atoms with Crippen molar-refractivity contribution in [2.45, 2.75) is 13.5 Å². The van der Waals surface area contributed by atoms with Crippen LogP contribution in [-0.4, -0.2) is 28.8 Å². The highest BCUT2D eigenvalue weighted by atomic mass is 32.1. The molecule has 28 heavy (non-hydrogen) atoms. The van der Waals surface area contributed by atoms with E-state index in [-0.39, 0.29) is 23.6 Å². The largest absolute Gasteiger partial charge is 0.454 e. The van der Waals surface area contributed by atoms with Crippen molar-refractivity contribution in [2.75, 3.05) is 12.1 Å². The van der Waals surface area contributed by atoms with Crippen molar-refractivity contribution in [1.29, 1.82) is 0 Å². The van der Waals surface area contributed by atoms with Crippen LogP contribution in [0.3, 0.4) is 0 Å². The lowest BCUT2D eigenvalue weighted by atomic mass is 10.1. The Hall–Kier alpha value is -3.46. The molecular formula is C19H16N4O4S. The first-order valence-electron chi connectivity index (χ1n) is 8.47. The summed E-state index contributed by atoms with van der Waals surface area (Å²) in [6, 6.07) is 12.2. The third-order valence-corrected chi connectivity index (χ3v) is 4.83. The van der Waals surface area contributed by atoms with E-state index >= 15 is 0 Å². The summed E-state index contributed by atoms with van der Waals surface area (Å²) >= 11 is 1.21. The molecule has 8 nitrogen and oxygen atoms in total. The number of nitrogens with one attached hydrogen (secondary N) is 2. The van der Waals surface area contributed by atoms with Gasteiger partial charge in [-0.3, -0.25) is 9.59 Å². The number of anilines is 1. The molecule has 1 aliphatic rings. The molecule has 2 heterocycles. The van der Waals surface area contributed by atoms with E-state index in [9.17, 15) is 9.59 Å². The summed E-state index contributed by atoms with van der Waals surface area (Å²) in [6.45, 7) is 2.33. The number of rotatable bonds is 5. The van der Waals surface area contributed by atoms with Crippen molar-refractivity contribution in [3.8, 4) is 11.5 Å². The highest BCUT2D eigenvalue weighted by Crippen LogP contribution is 2.32. The Morgan fingerprint density at radius 3 is 2.75 bits per heavy atom. The zero-order valence-corrected chi connectivity index (χ0v) is 15.7. The van der Waals surface area contributed by atoms with E-state index in [0.717, 1.165) is 5.56 Å². The third-order valence-electron chi connectivity index (χ3n) is 3.99. The number of amides is 2. The van der Waals surface area contributed by atoms with Crippen molar-refractivity contribution < 1.29 is 19.1 Å². The van der Waals surface area contributed by atoms with Gasteiger partial charge in [-0.05, 0) is 42.8 Å². The molecule has 2 amide bonds. The van der Waals surface area contributed by atoms with Crippen LogP contribution in [0.2, 0.25) is 0 Å². The normalized spacial score (nSPS) is 11.9. The van der Waals surface area contributed by atoms with Gasteiger partial charge in [0.2, 0.25) is 11.8 Å². The maximum Gasteiger partial charge on any atom is 0.286 e. The second-order valence-electron chi connectivity index (χ2n) is 6.03. The Morgan fingerprint density at radius 2 is 1.93 bits per heavy atom. The zero-order chi connectivity index (χ0) is 19.5. The molecule has 0 spiro atoms. The van der Waals surface area contributed by atoms with E-state index in [1.165, 1.54) is 11.3 Å². The molecule has 3 aromatic rings. The van der Waals surface area contributed by atoms with Gasteiger partial charge in [0, 0.05) is 17.8 Å². The van der Waals surface area contributed by atoms with Crippen molar-refractivity contribution in [3.63, 3.8) is 0 Å². The van der Waals surface area contributed by atoms with Gasteiger partial charge < -0.3 is 20.1 Å². The van der Waals surface area contributed by atoms with Crippen molar-refractivity contribution in [2.24, 2.45) is 0 Å². The smallest absolute Gasteiger partial charge is 0.286 e. The lowest BCUT2D eigenvalue weighted by Gasteiger charge is -2.08. The summed E-state index contributed by atoms with van der Waals surface area (Å²) in [5.41, 5.74) is 1.84. The number of hydrogen-bond acceptors (Lipinski definition) is 7. The minimum atomic E-state index is -0.358. The minimum absolute atomic E-state index is 0.209. The van der Waals surface area contributed by atoms with E-state index in [1.807, 2.05) is 18.2 Å². The van der Waals surface area contributed by atoms with Crippen LogP contribution >= 0.6 is 11.3 Å². The fourth-order valence-electron chi connectivity index (χ4n) is 2.65. The van der Waals surface area contributed by atoms with Crippen molar-refractivity contribution >= 4 is 28.8 Å². The van der Waals surface area contributed by atoms with Gasteiger partial charge >= 0.3 is 0 Å². The molecule has 142 valence electrons. The van der Waals surface area contributed by atoms with Gasteiger partial charge in [-0.25, -0.2) is 0 Å². The minimum Gasteiger partial charge on any atom is -0.454 e. The molecule has 0 radical (unpaired) electrons. The number of carbonyl (C=O) groups excluding carboxylic acids is 2. The number of aromatic nitrogens is 2. The maximum atomic E-state index is 12.5. The lowest BCUT2D eigenvalue weighted by molar-refractivity contribution is 0.0949. The molecule has 0 bridgehead atoms. The number of carbonyl (C=O) groups is 2. The molecule has 2 N–H and O–H groups in total. The van der Waals surface area contributed by atoms with Crippen LogP contribution in [0.15, 0.2) is 42.5 Å². The molecule has 9 heteroatoms. The number of hydrogen-bond donors (Lipinski definition) is 2. The SMILES string of the molecule is Cc1nnc(C(=O)Nc2cccc(C(=O)NCc3ccc4c(c3)OCO4)c2)s1. The van der Waals surface area contributed by atoms with Gasteiger partial charge in [0.25, 0.3) is 11.8 Å². The molecule has 2 aromatic carbocycles. The van der Waals surface area contributed by atoms with Crippen molar-refractivity contribution in [1.82, 2.24) is 15.5 Å². The number of nitrogens with zero attached hydrogens (tertiary/aromatic N) is 2. The highest BCUT2D eigenvalue weighted by molar-refractivity contribution is 7.13. The van der Waals surface area contributed by atoms with Crippen LogP contribution in [0.5, 0.6) is 11.5 Å².